The fourth-order valence-electron chi connectivity index (χ4n) is 4.66. The van der Waals surface area contributed by atoms with Crippen molar-refractivity contribution in [2.24, 2.45) is 4.99 Å². The third kappa shape index (κ3) is 3.75. The number of aromatic nitrogens is 1. The number of aliphatic imine (C=N–C) groups is 1. The third-order valence-corrected chi connectivity index (χ3v) is 6.60. The number of aryl methyl sites for hydroxylation is 1. The molecule has 1 atom stereocenters. The minimum Gasteiger partial charge on any atom is -0.359 e. The summed E-state index contributed by atoms with van der Waals surface area (Å²) in [5, 5.41) is 4.33. The van der Waals surface area contributed by atoms with E-state index in [4.69, 9.17) is 9.52 Å². The maximum atomic E-state index is 13.2. The van der Waals surface area contributed by atoms with Crippen LogP contribution in [0.3, 0.4) is 0 Å². The average molecular weight is 441 g/mol. The topological polar surface area (TPSA) is 61.9 Å². The molecule has 6 heteroatoms. The molecule has 0 aliphatic carbocycles. The van der Waals surface area contributed by atoms with Gasteiger partial charge in [-0.1, -0.05) is 59.8 Å². The first kappa shape index (κ1) is 21.2. The fraction of sp³-hybridized carbons (Fsp3) is 0.296. The average Bonchev–Trinajstić information content (AvgIpc) is 3.15. The number of nitrogens with zero attached hydrogens (tertiary/aromatic N) is 4. The van der Waals surface area contributed by atoms with Gasteiger partial charge < -0.3 is 4.52 Å². The summed E-state index contributed by atoms with van der Waals surface area (Å²) in [4.78, 5) is 22.0. The lowest BCUT2D eigenvalue weighted by molar-refractivity contribution is -0.130. The summed E-state index contributed by atoms with van der Waals surface area (Å²) in [6.45, 7) is 8.47. The second-order valence-electron chi connectivity index (χ2n) is 8.75. The fourth-order valence-corrected chi connectivity index (χ4v) is 4.66. The molecule has 2 aliphatic rings. The SMILES string of the molecule is CC1=NC(C)N(c2noc(C)c2C)C2=C1CCC(=O)N2Cc1ccc(-c2ccccc2)cc1. The lowest BCUT2D eigenvalue weighted by Gasteiger charge is -2.42. The maximum Gasteiger partial charge on any atom is 0.228 e. The Hall–Kier alpha value is -3.67. The van der Waals surface area contributed by atoms with E-state index in [1.165, 1.54) is 5.56 Å². The van der Waals surface area contributed by atoms with E-state index < -0.39 is 0 Å². The number of benzene rings is 2. The van der Waals surface area contributed by atoms with Gasteiger partial charge in [0.1, 0.15) is 17.7 Å². The molecule has 0 radical (unpaired) electrons. The zero-order valence-corrected chi connectivity index (χ0v) is 19.5. The van der Waals surface area contributed by atoms with Crippen LogP contribution in [0.5, 0.6) is 0 Å². The molecule has 5 rings (SSSR count). The minimum atomic E-state index is -0.180. The Kier molecular flexibility index (Phi) is 5.36. The van der Waals surface area contributed by atoms with E-state index >= 15 is 0 Å². The zero-order chi connectivity index (χ0) is 23.1. The van der Waals surface area contributed by atoms with Gasteiger partial charge in [0.15, 0.2) is 5.82 Å². The summed E-state index contributed by atoms with van der Waals surface area (Å²) >= 11 is 0. The normalized spacial score (nSPS) is 18.5. The molecule has 3 aromatic rings. The Bertz CT molecular complexity index is 1260. The Morgan fingerprint density at radius 3 is 2.33 bits per heavy atom. The van der Waals surface area contributed by atoms with Crippen molar-refractivity contribution < 1.29 is 9.32 Å². The summed E-state index contributed by atoms with van der Waals surface area (Å²) < 4.78 is 5.47. The quantitative estimate of drug-likeness (QED) is 0.528. The summed E-state index contributed by atoms with van der Waals surface area (Å²) in [5.41, 5.74) is 6.48. The van der Waals surface area contributed by atoms with Crippen LogP contribution >= 0.6 is 0 Å². The molecular weight excluding hydrogens is 412 g/mol. The van der Waals surface area contributed by atoms with Crippen molar-refractivity contribution in [3.05, 3.63) is 82.9 Å². The van der Waals surface area contributed by atoms with Gasteiger partial charge in [-0.2, -0.15) is 0 Å². The molecule has 2 aromatic carbocycles. The molecular formula is C27H28N4O2. The smallest absolute Gasteiger partial charge is 0.228 e. The van der Waals surface area contributed by atoms with Crippen LogP contribution in [0.1, 0.15) is 43.6 Å². The van der Waals surface area contributed by atoms with Gasteiger partial charge in [0.2, 0.25) is 5.91 Å². The predicted molar refractivity (Wildman–Crippen MR) is 130 cm³/mol. The Morgan fingerprint density at radius 1 is 0.970 bits per heavy atom. The van der Waals surface area contributed by atoms with Crippen LogP contribution in [-0.4, -0.2) is 27.8 Å². The van der Waals surface area contributed by atoms with E-state index in [2.05, 4.69) is 46.5 Å². The Morgan fingerprint density at radius 2 is 1.67 bits per heavy atom. The molecule has 1 unspecified atom stereocenters. The van der Waals surface area contributed by atoms with Crippen LogP contribution in [0.15, 0.2) is 75.5 Å². The van der Waals surface area contributed by atoms with Gasteiger partial charge in [-0.15, -0.1) is 0 Å². The number of allylic oxidation sites excluding steroid dienone is 1. The molecule has 0 spiro atoms. The monoisotopic (exact) mass is 440 g/mol. The molecule has 1 aromatic heterocycles. The summed E-state index contributed by atoms with van der Waals surface area (Å²) in [6.07, 6.45) is 0.986. The maximum absolute atomic E-state index is 13.2. The molecule has 168 valence electrons. The second kappa shape index (κ2) is 8.35. The van der Waals surface area contributed by atoms with Gasteiger partial charge in [-0.25, -0.2) is 0 Å². The third-order valence-electron chi connectivity index (χ3n) is 6.60. The van der Waals surface area contributed by atoms with E-state index in [9.17, 15) is 4.79 Å². The van der Waals surface area contributed by atoms with Crippen LogP contribution in [-0.2, 0) is 11.3 Å². The molecule has 0 saturated heterocycles. The van der Waals surface area contributed by atoms with Gasteiger partial charge in [0.05, 0.1) is 6.54 Å². The standard InChI is InChI=1S/C27H28N4O2/c1-17-19(3)33-29-26(17)31-20(4)28-18(2)24-14-15-25(32)30(27(24)31)16-21-10-12-23(13-11-21)22-8-6-5-7-9-22/h5-13,20H,14-16H2,1-4H3. The molecule has 0 fully saturated rings. The summed E-state index contributed by atoms with van der Waals surface area (Å²) in [7, 11) is 0. The molecule has 2 aliphatic heterocycles. The zero-order valence-electron chi connectivity index (χ0n) is 19.5. The van der Waals surface area contributed by atoms with Crippen LogP contribution in [0.2, 0.25) is 0 Å². The van der Waals surface area contributed by atoms with E-state index in [-0.39, 0.29) is 12.1 Å². The summed E-state index contributed by atoms with van der Waals surface area (Å²) in [5.74, 6) is 2.50. The number of hydrogen-bond donors (Lipinski definition) is 0. The molecule has 0 N–H and O–H groups in total. The number of rotatable bonds is 4. The first-order valence-electron chi connectivity index (χ1n) is 11.4. The van der Waals surface area contributed by atoms with Crippen LogP contribution in [0.25, 0.3) is 11.1 Å². The van der Waals surface area contributed by atoms with Gasteiger partial charge in [-0.05, 0) is 50.8 Å². The molecule has 6 nitrogen and oxygen atoms in total. The van der Waals surface area contributed by atoms with E-state index in [0.29, 0.717) is 19.4 Å². The van der Waals surface area contributed by atoms with E-state index in [1.54, 1.807) is 0 Å². The van der Waals surface area contributed by atoms with Crippen LogP contribution in [0.4, 0.5) is 5.82 Å². The molecule has 33 heavy (non-hydrogen) atoms. The van der Waals surface area contributed by atoms with E-state index in [0.717, 1.165) is 45.4 Å². The number of carbonyl (C=O) groups excluding carboxylic acids is 1. The van der Waals surface area contributed by atoms with Crippen molar-refractivity contribution in [1.29, 1.82) is 0 Å². The van der Waals surface area contributed by atoms with E-state index in [1.807, 2.05) is 50.8 Å². The molecule has 0 saturated carbocycles. The number of anilines is 1. The van der Waals surface area contributed by atoms with Gasteiger partial charge in [-0.3, -0.25) is 19.6 Å². The van der Waals surface area contributed by atoms with Crippen LogP contribution in [0, 0.1) is 13.8 Å². The lowest BCUT2D eigenvalue weighted by atomic mass is 9.97. The Balaban J connectivity index is 1.52. The predicted octanol–water partition coefficient (Wildman–Crippen LogP) is 5.62. The van der Waals surface area contributed by atoms with Crippen molar-refractivity contribution in [2.45, 2.75) is 53.2 Å². The van der Waals surface area contributed by atoms with Gasteiger partial charge in [0, 0.05) is 23.3 Å². The van der Waals surface area contributed by atoms with Crippen molar-refractivity contribution in [2.75, 3.05) is 4.90 Å². The number of amides is 1. The largest absolute Gasteiger partial charge is 0.359 e. The first-order valence-corrected chi connectivity index (χ1v) is 11.4. The molecule has 1 amide bonds. The lowest BCUT2D eigenvalue weighted by Crippen LogP contribution is -2.48. The highest BCUT2D eigenvalue weighted by molar-refractivity contribution is 6.03. The van der Waals surface area contributed by atoms with Gasteiger partial charge >= 0.3 is 0 Å². The van der Waals surface area contributed by atoms with Gasteiger partial charge in [0.25, 0.3) is 0 Å². The summed E-state index contributed by atoms with van der Waals surface area (Å²) in [6, 6.07) is 18.8. The molecule has 0 bridgehead atoms. The van der Waals surface area contributed by atoms with Crippen molar-refractivity contribution >= 4 is 17.4 Å². The van der Waals surface area contributed by atoms with Crippen molar-refractivity contribution in [3.63, 3.8) is 0 Å². The van der Waals surface area contributed by atoms with Crippen molar-refractivity contribution in [3.8, 4) is 11.1 Å². The van der Waals surface area contributed by atoms with Crippen LogP contribution < -0.4 is 4.90 Å². The number of carbonyl (C=O) groups is 1. The highest BCUT2D eigenvalue weighted by atomic mass is 16.5. The highest BCUT2D eigenvalue weighted by Gasteiger charge is 2.38. The molecule has 3 heterocycles. The highest BCUT2D eigenvalue weighted by Crippen LogP contribution is 2.38. The Labute approximate surface area is 194 Å². The second-order valence-corrected chi connectivity index (χ2v) is 8.75. The first-order chi connectivity index (χ1) is 15.9. The van der Waals surface area contributed by atoms with Crippen molar-refractivity contribution in [1.82, 2.24) is 10.1 Å². The minimum absolute atomic E-state index is 0.116. The number of hydrogen-bond acceptors (Lipinski definition) is 5.